The molecular formula is C27H31N9O4. The monoisotopic (exact) mass is 545 g/mol. The summed E-state index contributed by atoms with van der Waals surface area (Å²) in [6.45, 7) is 5.19. The molecule has 3 heterocycles. The van der Waals surface area contributed by atoms with Crippen LogP contribution in [0.3, 0.4) is 0 Å². The Balaban J connectivity index is 1.39. The third kappa shape index (κ3) is 5.00. The average molecular weight is 546 g/mol. The van der Waals surface area contributed by atoms with Crippen molar-refractivity contribution in [1.29, 1.82) is 0 Å². The van der Waals surface area contributed by atoms with Gasteiger partial charge >= 0.3 is 0 Å². The fourth-order valence-electron chi connectivity index (χ4n) is 4.94. The number of carbonyl (C=O) groups is 3. The number of imidazole rings is 1. The minimum Gasteiger partial charge on any atom is -0.489 e. The molecule has 40 heavy (non-hydrogen) atoms. The Morgan fingerprint density at radius 1 is 1.10 bits per heavy atom. The Labute approximate surface area is 229 Å². The number of hydrogen-bond donors (Lipinski definition) is 5. The Morgan fingerprint density at radius 2 is 1.88 bits per heavy atom. The number of aromatic nitrogens is 4. The van der Waals surface area contributed by atoms with Crippen LogP contribution >= 0.6 is 0 Å². The molecular weight excluding hydrogens is 514 g/mol. The molecule has 3 amide bonds. The molecule has 1 atom stereocenters. The Morgan fingerprint density at radius 3 is 2.58 bits per heavy atom. The van der Waals surface area contributed by atoms with Crippen LogP contribution in [0.1, 0.15) is 62.7 Å². The molecule has 0 bridgehead atoms. The van der Waals surface area contributed by atoms with E-state index in [2.05, 4.69) is 20.7 Å². The van der Waals surface area contributed by atoms with Gasteiger partial charge in [-0.3, -0.25) is 24.4 Å². The minimum absolute atomic E-state index is 0.151. The molecule has 4 aromatic rings. The van der Waals surface area contributed by atoms with E-state index in [1.54, 1.807) is 41.1 Å². The van der Waals surface area contributed by atoms with Gasteiger partial charge in [-0.25, -0.2) is 4.98 Å². The summed E-state index contributed by atoms with van der Waals surface area (Å²) >= 11 is 0. The highest BCUT2D eigenvalue weighted by atomic mass is 16.5. The Kier molecular flexibility index (Phi) is 7.03. The lowest BCUT2D eigenvalue weighted by Gasteiger charge is -2.27. The van der Waals surface area contributed by atoms with Gasteiger partial charge in [0.05, 0.1) is 28.6 Å². The number of rotatable bonds is 10. The predicted molar refractivity (Wildman–Crippen MR) is 150 cm³/mol. The molecule has 8 N–H and O–H groups in total. The summed E-state index contributed by atoms with van der Waals surface area (Å²) in [6.07, 6.45) is 1.41. The maximum absolute atomic E-state index is 13.3. The number of benzene rings is 2. The quantitative estimate of drug-likeness (QED) is 0.148. The fourth-order valence-corrected chi connectivity index (χ4v) is 4.94. The molecule has 13 nitrogen and oxygen atoms in total. The number of nitrogens with two attached hydrogens (primary N) is 3. The molecule has 2 aromatic heterocycles. The minimum atomic E-state index is -0.597. The van der Waals surface area contributed by atoms with E-state index in [1.807, 2.05) is 18.4 Å². The summed E-state index contributed by atoms with van der Waals surface area (Å²) < 4.78 is 9.62. The Bertz CT molecular complexity index is 1640. The molecule has 0 radical (unpaired) electrons. The molecule has 5 rings (SSSR count). The standard InChI is InChI=1S/C27H31N9O4/c1-3-35-21(9-14(2)34-35)26(39)33-27-32-20-11-16(25(30)38)12-22-23(20)36(27)17(13-40-22)5-4-8-31-19-7-6-15(24(29)37)10-18(19)28/h6-7,9-12,17,31H,3-5,8,13,28H2,1-2H3,(H2,29,37)(H2,30,38)(H,32,33,39)/t17-/m1/s1. The topological polar surface area (TPSA) is 198 Å². The number of hydrogen-bond acceptors (Lipinski definition) is 8. The lowest BCUT2D eigenvalue weighted by Crippen LogP contribution is -2.26. The molecule has 1 aliphatic heterocycles. The van der Waals surface area contributed by atoms with E-state index in [0.29, 0.717) is 71.5 Å². The molecule has 0 aliphatic carbocycles. The van der Waals surface area contributed by atoms with Gasteiger partial charge in [0.15, 0.2) is 0 Å². The third-order valence-corrected chi connectivity index (χ3v) is 6.86. The van der Waals surface area contributed by atoms with Gasteiger partial charge in [-0.15, -0.1) is 0 Å². The first-order valence-electron chi connectivity index (χ1n) is 12.9. The van der Waals surface area contributed by atoms with Crippen molar-refractivity contribution in [1.82, 2.24) is 19.3 Å². The van der Waals surface area contributed by atoms with Crippen LogP contribution in [0.4, 0.5) is 17.3 Å². The van der Waals surface area contributed by atoms with E-state index in [9.17, 15) is 14.4 Å². The van der Waals surface area contributed by atoms with Gasteiger partial charge in [-0.05, 0) is 63.1 Å². The molecule has 13 heteroatoms. The molecule has 2 aromatic carbocycles. The number of nitrogen functional groups attached to an aromatic ring is 1. The predicted octanol–water partition coefficient (Wildman–Crippen LogP) is 2.42. The van der Waals surface area contributed by atoms with Crippen LogP contribution in [0, 0.1) is 6.92 Å². The lowest BCUT2D eigenvalue weighted by molar-refractivity contribution is 0.0991. The summed E-state index contributed by atoms with van der Waals surface area (Å²) in [6, 6.07) is 9.65. The van der Waals surface area contributed by atoms with Gasteiger partial charge in [-0.2, -0.15) is 5.10 Å². The van der Waals surface area contributed by atoms with Crippen molar-refractivity contribution in [3.05, 3.63) is 58.9 Å². The van der Waals surface area contributed by atoms with Crippen LogP contribution in [-0.2, 0) is 6.54 Å². The number of nitrogens with zero attached hydrogens (tertiary/aromatic N) is 4. The first-order chi connectivity index (χ1) is 19.2. The van der Waals surface area contributed by atoms with E-state index in [-0.39, 0.29) is 17.5 Å². The zero-order valence-electron chi connectivity index (χ0n) is 22.2. The van der Waals surface area contributed by atoms with Gasteiger partial charge < -0.3 is 31.8 Å². The normalized spacial score (nSPS) is 14.1. The largest absolute Gasteiger partial charge is 0.489 e. The highest BCUT2D eigenvalue weighted by Crippen LogP contribution is 2.38. The second-order valence-corrected chi connectivity index (χ2v) is 9.65. The zero-order valence-corrected chi connectivity index (χ0v) is 22.2. The van der Waals surface area contributed by atoms with Gasteiger partial charge in [-0.1, -0.05) is 0 Å². The van der Waals surface area contributed by atoms with Crippen LogP contribution in [0.2, 0.25) is 0 Å². The fraction of sp³-hybridized carbons (Fsp3) is 0.296. The number of anilines is 3. The first-order valence-corrected chi connectivity index (χ1v) is 12.9. The van der Waals surface area contributed by atoms with Crippen molar-refractivity contribution >= 4 is 46.1 Å². The molecule has 0 unspecified atom stereocenters. The molecule has 0 saturated heterocycles. The van der Waals surface area contributed by atoms with Gasteiger partial charge in [0, 0.05) is 24.2 Å². The van der Waals surface area contributed by atoms with Crippen LogP contribution < -0.4 is 32.6 Å². The van der Waals surface area contributed by atoms with E-state index >= 15 is 0 Å². The average Bonchev–Trinajstić information content (AvgIpc) is 3.49. The van der Waals surface area contributed by atoms with Crippen molar-refractivity contribution in [2.75, 3.05) is 29.5 Å². The van der Waals surface area contributed by atoms with Crippen LogP contribution in [0.25, 0.3) is 11.0 Å². The van der Waals surface area contributed by atoms with E-state index in [1.165, 1.54) is 0 Å². The summed E-state index contributed by atoms with van der Waals surface area (Å²) in [4.78, 5) is 41.2. The molecule has 208 valence electrons. The molecule has 1 aliphatic rings. The summed E-state index contributed by atoms with van der Waals surface area (Å²) in [5.74, 6) is -0.655. The molecule has 0 fully saturated rings. The van der Waals surface area contributed by atoms with Crippen LogP contribution in [-0.4, -0.2) is 50.2 Å². The first kappa shape index (κ1) is 26.5. The second-order valence-electron chi connectivity index (χ2n) is 9.65. The highest BCUT2D eigenvalue weighted by Gasteiger charge is 2.29. The number of primary amides is 2. The van der Waals surface area contributed by atoms with Crippen molar-refractivity contribution in [2.45, 2.75) is 39.3 Å². The molecule has 0 spiro atoms. The number of nitrogens with one attached hydrogen (secondary N) is 2. The second kappa shape index (κ2) is 10.6. The Hall–Kier alpha value is -5.07. The van der Waals surface area contributed by atoms with Crippen molar-refractivity contribution in [3.63, 3.8) is 0 Å². The van der Waals surface area contributed by atoms with Crippen molar-refractivity contribution in [2.24, 2.45) is 11.5 Å². The van der Waals surface area contributed by atoms with Gasteiger partial charge in [0.1, 0.15) is 23.6 Å². The lowest BCUT2D eigenvalue weighted by atomic mass is 10.1. The summed E-state index contributed by atoms with van der Waals surface area (Å²) in [7, 11) is 0. The number of ether oxygens (including phenoxy) is 1. The number of carbonyl (C=O) groups excluding carboxylic acids is 3. The number of aryl methyl sites for hydroxylation is 2. The smallest absolute Gasteiger partial charge is 0.276 e. The van der Waals surface area contributed by atoms with Crippen molar-refractivity contribution in [3.8, 4) is 5.75 Å². The zero-order chi connectivity index (χ0) is 28.6. The maximum atomic E-state index is 13.3. The van der Waals surface area contributed by atoms with Gasteiger partial charge in [0.2, 0.25) is 17.8 Å². The number of amides is 3. The SMILES string of the molecule is CCn1nc(C)cc1C(=O)Nc1nc2cc(C(N)=O)cc3c2n1[C@H](CCCNc1ccc(C(N)=O)cc1N)CO3. The maximum Gasteiger partial charge on any atom is 0.276 e. The van der Waals surface area contributed by atoms with Crippen LogP contribution in [0.5, 0.6) is 5.75 Å². The summed E-state index contributed by atoms with van der Waals surface area (Å²) in [5, 5.41) is 10.6. The van der Waals surface area contributed by atoms with Gasteiger partial charge in [0.25, 0.3) is 5.91 Å². The van der Waals surface area contributed by atoms with E-state index < -0.39 is 11.8 Å². The molecule has 0 saturated carbocycles. The highest BCUT2D eigenvalue weighted by molar-refractivity contribution is 6.04. The summed E-state index contributed by atoms with van der Waals surface area (Å²) in [5.41, 5.74) is 21.0. The van der Waals surface area contributed by atoms with Crippen LogP contribution in [0.15, 0.2) is 36.4 Å². The van der Waals surface area contributed by atoms with E-state index in [4.69, 9.17) is 21.9 Å². The van der Waals surface area contributed by atoms with Crippen molar-refractivity contribution < 1.29 is 19.1 Å². The third-order valence-electron chi connectivity index (χ3n) is 6.86. The van der Waals surface area contributed by atoms with E-state index in [0.717, 1.165) is 12.1 Å².